The zero-order valence-electron chi connectivity index (χ0n) is 12.7. The smallest absolute Gasteiger partial charge is 0.287 e. The molecule has 2 heterocycles. The number of hydrogen-bond donors (Lipinski definition) is 3. The average Bonchev–Trinajstić information content (AvgIpc) is 3.18. The van der Waals surface area contributed by atoms with Crippen LogP contribution in [0.3, 0.4) is 0 Å². The molecule has 23 heavy (non-hydrogen) atoms. The Kier molecular flexibility index (Phi) is 4.14. The predicted molar refractivity (Wildman–Crippen MR) is 85.9 cm³/mol. The molecule has 3 N–H and O–H groups in total. The molecule has 1 aromatic carbocycles. The molecule has 0 atom stereocenters. The van der Waals surface area contributed by atoms with Crippen molar-refractivity contribution in [1.82, 2.24) is 15.6 Å². The third-order valence-electron chi connectivity index (χ3n) is 3.46. The number of aromatic nitrogens is 1. The lowest BCUT2D eigenvalue weighted by molar-refractivity contribution is -0.120. The van der Waals surface area contributed by atoms with Crippen molar-refractivity contribution in [2.24, 2.45) is 0 Å². The number of rotatable bonds is 5. The summed E-state index contributed by atoms with van der Waals surface area (Å²) in [5.74, 6) is -0.476. The van der Waals surface area contributed by atoms with Crippen LogP contribution in [0, 0.1) is 6.92 Å². The third-order valence-corrected chi connectivity index (χ3v) is 3.46. The molecule has 118 valence electrons. The van der Waals surface area contributed by atoms with Crippen molar-refractivity contribution in [3.8, 4) is 0 Å². The van der Waals surface area contributed by atoms with Crippen molar-refractivity contribution in [2.45, 2.75) is 13.5 Å². The van der Waals surface area contributed by atoms with Gasteiger partial charge < -0.3 is 20.0 Å². The molecule has 0 saturated heterocycles. The highest BCUT2D eigenvalue weighted by atomic mass is 16.3. The number of carbonyl (C=O) groups is 2. The quantitative estimate of drug-likeness (QED) is 0.674. The summed E-state index contributed by atoms with van der Waals surface area (Å²) in [5, 5.41) is 6.39. The highest BCUT2D eigenvalue weighted by Gasteiger charge is 2.10. The number of fused-ring (bicyclic) bond motifs is 1. The van der Waals surface area contributed by atoms with Gasteiger partial charge in [0, 0.05) is 17.8 Å². The number of carbonyl (C=O) groups excluding carboxylic acids is 2. The van der Waals surface area contributed by atoms with Gasteiger partial charge in [0.15, 0.2) is 5.76 Å². The maximum atomic E-state index is 11.8. The SMILES string of the molecule is Cc1cc2cc(CNC(=O)CNC(=O)c3ccco3)ccc2[nH]1. The standard InChI is InChI=1S/C17H17N3O3/c1-11-7-13-8-12(4-5-14(13)20-11)9-18-16(21)10-19-17(22)15-3-2-6-23-15/h2-8,20H,9-10H2,1H3,(H,18,21)(H,19,22). The molecule has 6 heteroatoms. The summed E-state index contributed by atoms with van der Waals surface area (Å²) >= 11 is 0. The molecular weight excluding hydrogens is 294 g/mol. The van der Waals surface area contributed by atoms with Gasteiger partial charge in [-0.2, -0.15) is 0 Å². The Morgan fingerprint density at radius 3 is 2.83 bits per heavy atom. The van der Waals surface area contributed by atoms with Crippen molar-refractivity contribution >= 4 is 22.7 Å². The van der Waals surface area contributed by atoms with Crippen LogP contribution in [0.1, 0.15) is 21.8 Å². The lowest BCUT2D eigenvalue weighted by Crippen LogP contribution is -2.36. The summed E-state index contributed by atoms with van der Waals surface area (Å²) in [7, 11) is 0. The minimum absolute atomic E-state index is 0.0922. The molecule has 0 saturated carbocycles. The zero-order valence-corrected chi connectivity index (χ0v) is 12.7. The lowest BCUT2D eigenvalue weighted by Gasteiger charge is -2.06. The highest BCUT2D eigenvalue weighted by molar-refractivity contribution is 5.94. The monoisotopic (exact) mass is 311 g/mol. The van der Waals surface area contributed by atoms with Gasteiger partial charge in [0.25, 0.3) is 5.91 Å². The number of aryl methyl sites for hydroxylation is 1. The first-order chi connectivity index (χ1) is 11.1. The van der Waals surface area contributed by atoms with Gasteiger partial charge in [-0.3, -0.25) is 9.59 Å². The fourth-order valence-corrected chi connectivity index (χ4v) is 2.36. The third kappa shape index (κ3) is 3.60. The molecule has 0 spiro atoms. The van der Waals surface area contributed by atoms with Crippen LogP contribution in [0.4, 0.5) is 0 Å². The minimum atomic E-state index is -0.408. The number of H-pyrrole nitrogens is 1. The Labute approximate surface area is 132 Å². The van der Waals surface area contributed by atoms with Gasteiger partial charge in [0.2, 0.25) is 5.91 Å². The molecule has 0 unspecified atom stereocenters. The first-order valence-electron chi connectivity index (χ1n) is 7.28. The molecule has 0 aliphatic carbocycles. The summed E-state index contributed by atoms with van der Waals surface area (Å²) in [6.07, 6.45) is 1.41. The van der Waals surface area contributed by atoms with Gasteiger partial charge in [-0.05, 0) is 48.2 Å². The van der Waals surface area contributed by atoms with Crippen LogP contribution >= 0.6 is 0 Å². The maximum Gasteiger partial charge on any atom is 0.287 e. The van der Waals surface area contributed by atoms with E-state index < -0.39 is 5.91 Å². The van der Waals surface area contributed by atoms with Gasteiger partial charge >= 0.3 is 0 Å². The van der Waals surface area contributed by atoms with Gasteiger partial charge in [0.05, 0.1) is 12.8 Å². The largest absolute Gasteiger partial charge is 0.459 e. The van der Waals surface area contributed by atoms with Gasteiger partial charge in [-0.25, -0.2) is 0 Å². The van der Waals surface area contributed by atoms with E-state index in [1.54, 1.807) is 12.1 Å². The normalized spacial score (nSPS) is 10.7. The number of nitrogens with one attached hydrogen (secondary N) is 3. The number of amides is 2. The second kappa shape index (κ2) is 6.39. The molecule has 3 rings (SSSR count). The van der Waals surface area contributed by atoms with Crippen LogP contribution < -0.4 is 10.6 Å². The van der Waals surface area contributed by atoms with Gasteiger partial charge in [-0.15, -0.1) is 0 Å². The summed E-state index contributed by atoms with van der Waals surface area (Å²) in [5.41, 5.74) is 3.17. The van der Waals surface area contributed by atoms with E-state index in [1.807, 2.05) is 25.1 Å². The molecule has 0 aliphatic heterocycles. The molecule has 0 aliphatic rings. The van der Waals surface area contributed by atoms with Gasteiger partial charge in [-0.1, -0.05) is 6.07 Å². The molecule has 2 amide bonds. The minimum Gasteiger partial charge on any atom is -0.459 e. The Morgan fingerprint density at radius 1 is 1.17 bits per heavy atom. The van der Waals surface area contributed by atoms with E-state index in [4.69, 9.17) is 4.42 Å². The van der Waals surface area contributed by atoms with Crippen molar-refractivity contribution in [1.29, 1.82) is 0 Å². The molecule has 2 aromatic heterocycles. The summed E-state index contributed by atoms with van der Waals surface area (Å²) < 4.78 is 4.95. The summed E-state index contributed by atoms with van der Waals surface area (Å²) in [6, 6.07) is 11.2. The maximum absolute atomic E-state index is 11.8. The van der Waals surface area contributed by atoms with Crippen LogP contribution in [0.25, 0.3) is 10.9 Å². The van der Waals surface area contributed by atoms with Gasteiger partial charge in [0.1, 0.15) is 0 Å². The molecule has 0 bridgehead atoms. The summed E-state index contributed by atoms with van der Waals surface area (Å²) in [4.78, 5) is 26.7. The van der Waals surface area contributed by atoms with Crippen molar-refractivity contribution < 1.29 is 14.0 Å². The van der Waals surface area contributed by atoms with E-state index in [0.29, 0.717) is 6.54 Å². The van der Waals surface area contributed by atoms with Crippen LogP contribution in [0.15, 0.2) is 47.1 Å². The van der Waals surface area contributed by atoms with Crippen LogP contribution in [0.5, 0.6) is 0 Å². The Bertz CT molecular complexity index is 834. The topological polar surface area (TPSA) is 87.1 Å². The predicted octanol–water partition coefficient (Wildman–Crippen LogP) is 2.12. The molecule has 3 aromatic rings. The van der Waals surface area contributed by atoms with E-state index in [-0.39, 0.29) is 18.2 Å². The first kappa shape index (κ1) is 14.9. The number of aromatic amines is 1. The van der Waals surface area contributed by atoms with Crippen LogP contribution in [0.2, 0.25) is 0 Å². The van der Waals surface area contributed by atoms with Crippen molar-refractivity contribution in [2.75, 3.05) is 6.54 Å². The first-order valence-corrected chi connectivity index (χ1v) is 7.28. The van der Waals surface area contributed by atoms with Crippen molar-refractivity contribution in [3.05, 3.63) is 59.7 Å². The highest BCUT2D eigenvalue weighted by Crippen LogP contribution is 2.16. The second-order valence-corrected chi connectivity index (χ2v) is 5.31. The fourth-order valence-electron chi connectivity index (χ4n) is 2.36. The Morgan fingerprint density at radius 2 is 2.04 bits per heavy atom. The van der Waals surface area contributed by atoms with Crippen molar-refractivity contribution in [3.63, 3.8) is 0 Å². The second-order valence-electron chi connectivity index (χ2n) is 5.31. The lowest BCUT2D eigenvalue weighted by atomic mass is 10.1. The molecule has 0 radical (unpaired) electrons. The van der Waals surface area contributed by atoms with Crippen LogP contribution in [-0.2, 0) is 11.3 Å². The summed E-state index contributed by atoms with van der Waals surface area (Å²) in [6.45, 7) is 2.32. The van der Waals surface area contributed by atoms with E-state index >= 15 is 0 Å². The van der Waals surface area contributed by atoms with E-state index in [1.165, 1.54) is 6.26 Å². The molecule has 6 nitrogen and oxygen atoms in total. The fraction of sp³-hybridized carbons (Fsp3) is 0.176. The number of benzene rings is 1. The van der Waals surface area contributed by atoms with Crippen LogP contribution in [-0.4, -0.2) is 23.3 Å². The average molecular weight is 311 g/mol. The number of hydrogen-bond acceptors (Lipinski definition) is 3. The van der Waals surface area contributed by atoms with E-state index in [2.05, 4.69) is 21.7 Å². The zero-order chi connectivity index (χ0) is 16.2. The van der Waals surface area contributed by atoms with E-state index in [9.17, 15) is 9.59 Å². The Hall–Kier alpha value is -3.02. The molecule has 0 fully saturated rings. The molecular formula is C17H17N3O3. The van der Waals surface area contributed by atoms with E-state index in [0.717, 1.165) is 22.2 Å². The Balaban J connectivity index is 1.50. The number of furan rings is 1.